The number of likely N-dealkylation sites (N-methyl/N-ethyl adjacent to an activating group) is 1. The Bertz CT molecular complexity index is 821. The molecule has 1 saturated heterocycles. The van der Waals surface area contributed by atoms with Crippen molar-refractivity contribution in [2.24, 2.45) is 0 Å². The minimum atomic E-state index is -0.476. The van der Waals surface area contributed by atoms with E-state index < -0.39 is 5.54 Å². The zero-order chi connectivity index (χ0) is 23.2. The molecule has 6 heteroatoms. The van der Waals surface area contributed by atoms with Crippen molar-refractivity contribution in [3.8, 4) is 6.07 Å². The molecule has 1 fully saturated rings. The first-order chi connectivity index (χ1) is 14.4. The first-order valence-corrected chi connectivity index (χ1v) is 11.0. The molecule has 1 aliphatic heterocycles. The highest BCUT2D eigenvalue weighted by atomic mass is 16.5. The predicted molar refractivity (Wildman–Crippen MR) is 127 cm³/mol. The molecule has 1 heterocycles. The third-order valence-corrected chi connectivity index (χ3v) is 5.60. The van der Waals surface area contributed by atoms with Crippen LogP contribution in [0.2, 0.25) is 0 Å². The molecular weight excluding hydrogens is 388 g/mol. The molecule has 1 N–H and O–H groups in total. The van der Waals surface area contributed by atoms with Crippen LogP contribution in [0.25, 0.3) is 5.57 Å². The van der Waals surface area contributed by atoms with Crippen LogP contribution >= 0.6 is 0 Å². The van der Waals surface area contributed by atoms with E-state index >= 15 is 0 Å². The van der Waals surface area contributed by atoms with Gasteiger partial charge in [0.25, 0.3) is 5.91 Å². The van der Waals surface area contributed by atoms with Gasteiger partial charge < -0.3 is 19.9 Å². The lowest BCUT2D eigenvalue weighted by molar-refractivity contribution is -0.118. The Kier molecular flexibility index (Phi) is 8.27. The van der Waals surface area contributed by atoms with Gasteiger partial charge in [0.1, 0.15) is 11.6 Å². The van der Waals surface area contributed by atoms with Crippen LogP contribution < -0.4 is 10.2 Å². The Morgan fingerprint density at radius 3 is 2.19 bits per heavy atom. The van der Waals surface area contributed by atoms with Crippen LogP contribution in [0.4, 0.5) is 5.69 Å². The number of piperazine rings is 1. The Hall–Kier alpha value is -2.36. The maximum Gasteiger partial charge on any atom is 0.262 e. The van der Waals surface area contributed by atoms with Crippen molar-refractivity contribution in [1.82, 2.24) is 10.2 Å². The monoisotopic (exact) mass is 426 g/mol. The highest BCUT2D eigenvalue weighted by Crippen LogP contribution is 2.24. The molecular formula is C25H38N4O2. The molecule has 0 spiro atoms. The van der Waals surface area contributed by atoms with Gasteiger partial charge in [-0.1, -0.05) is 12.1 Å². The average molecular weight is 427 g/mol. The highest BCUT2D eigenvalue weighted by Gasteiger charge is 2.25. The topological polar surface area (TPSA) is 68.6 Å². The first-order valence-electron chi connectivity index (χ1n) is 11.0. The number of nitriles is 1. The van der Waals surface area contributed by atoms with E-state index in [0.29, 0.717) is 18.6 Å². The maximum absolute atomic E-state index is 12.9. The number of hydrogen-bond donors (Lipinski definition) is 1. The summed E-state index contributed by atoms with van der Waals surface area (Å²) in [4.78, 5) is 17.6. The quantitative estimate of drug-likeness (QED) is 0.530. The molecule has 2 rings (SSSR count). The Morgan fingerprint density at radius 1 is 1.10 bits per heavy atom. The molecule has 1 aromatic rings. The van der Waals surface area contributed by atoms with Crippen LogP contribution in [0.15, 0.2) is 29.8 Å². The van der Waals surface area contributed by atoms with Gasteiger partial charge in [-0.05, 0) is 78.3 Å². The normalized spacial score (nSPS) is 16.5. The molecule has 1 aliphatic rings. The van der Waals surface area contributed by atoms with E-state index in [9.17, 15) is 10.1 Å². The van der Waals surface area contributed by atoms with Crippen molar-refractivity contribution in [2.75, 3.05) is 44.7 Å². The number of nitrogens with zero attached hydrogens (tertiary/aromatic N) is 3. The maximum atomic E-state index is 12.9. The van der Waals surface area contributed by atoms with Crippen LogP contribution in [-0.2, 0) is 9.53 Å². The largest absolute Gasteiger partial charge is 0.376 e. The number of hydrogen-bond acceptors (Lipinski definition) is 5. The SMILES string of the molecule is C/C(=C(/C#N)C(=O)NC(C)(C)CCOC(C)(C)C)c1ccc(N2CCN(C)CC2)cc1. The van der Waals surface area contributed by atoms with Crippen molar-refractivity contribution in [1.29, 1.82) is 5.26 Å². The number of nitrogens with one attached hydrogen (secondary N) is 1. The second-order valence-electron chi connectivity index (χ2n) is 10.00. The number of anilines is 1. The Balaban J connectivity index is 2.07. The number of allylic oxidation sites excluding steroid dienone is 1. The lowest BCUT2D eigenvalue weighted by atomic mass is 9.97. The van der Waals surface area contributed by atoms with E-state index in [2.05, 4.69) is 40.4 Å². The van der Waals surface area contributed by atoms with Crippen molar-refractivity contribution in [3.05, 3.63) is 35.4 Å². The number of ether oxygens (including phenoxy) is 1. The third kappa shape index (κ3) is 7.68. The van der Waals surface area contributed by atoms with Gasteiger partial charge in [0.15, 0.2) is 0 Å². The van der Waals surface area contributed by atoms with Gasteiger partial charge in [-0.2, -0.15) is 5.26 Å². The fourth-order valence-corrected chi connectivity index (χ4v) is 3.48. The van der Waals surface area contributed by atoms with E-state index in [1.165, 1.54) is 5.69 Å². The summed E-state index contributed by atoms with van der Waals surface area (Å²) in [5, 5.41) is 12.7. The van der Waals surface area contributed by atoms with E-state index in [1.54, 1.807) is 0 Å². The molecule has 31 heavy (non-hydrogen) atoms. The lowest BCUT2D eigenvalue weighted by Crippen LogP contribution is -2.45. The first kappa shape index (κ1) is 24.9. The van der Waals surface area contributed by atoms with Crippen molar-refractivity contribution >= 4 is 17.2 Å². The minimum absolute atomic E-state index is 0.150. The molecule has 0 aromatic heterocycles. The summed E-state index contributed by atoms with van der Waals surface area (Å²) in [6.45, 7) is 16.4. The average Bonchev–Trinajstić information content (AvgIpc) is 2.67. The zero-order valence-corrected chi connectivity index (χ0v) is 20.2. The van der Waals surface area contributed by atoms with Crippen LogP contribution in [0, 0.1) is 11.3 Å². The van der Waals surface area contributed by atoms with Crippen LogP contribution in [0.1, 0.15) is 53.5 Å². The fraction of sp³-hybridized carbons (Fsp3) is 0.600. The van der Waals surface area contributed by atoms with Crippen molar-refractivity contribution in [2.45, 2.75) is 59.1 Å². The lowest BCUT2D eigenvalue weighted by Gasteiger charge is -2.34. The van der Waals surface area contributed by atoms with Crippen LogP contribution in [0.5, 0.6) is 0 Å². The minimum Gasteiger partial charge on any atom is -0.376 e. The van der Waals surface area contributed by atoms with Crippen molar-refractivity contribution < 1.29 is 9.53 Å². The summed E-state index contributed by atoms with van der Waals surface area (Å²) >= 11 is 0. The van der Waals surface area contributed by atoms with E-state index in [1.807, 2.05) is 53.7 Å². The summed E-state index contributed by atoms with van der Waals surface area (Å²) < 4.78 is 5.78. The Labute approximate surface area is 187 Å². The molecule has 1 amide bonds. The molecule has 1 aromatic carbocycles. The van der Waals surface area contributed by atoms with E-state index in [-0.39, 0.29) is 17.1 Å². The number of amides is 1. The van der Waals surface area contributed by atoms with Gasteiger partial charge in [0, 0.05) is 44.0 Å². The Morgan fingerprint density at radius 2 is 1.68 bits per heavy atom. The molecule has 0 atom stereocenters. The van der Waals surface area contributed by atoms with Gasteiger partial charge in [-0.15, -0.1) is 0 Å². The van der Waals surface area contributed by atoms with Gasteiger partial charge in [0.2, 0.25) is 0 Å². The summed E-state index contributed by atoms with van der Waals surface area (Å²) in [5.74, 6) is -0.344. The van der Waals surface area contributed by atoms with Crippen LogP contribution in [-0.4, -0.2) is 61.8 Å². The number of carbonyl (C=O) groups excluding carboxylic acids is 1. The molecule has 6 nitrogen and oxygen atoms in total. The number of carbonyl (C=O) groups is 1. The van der Waals surface area contributed by atoms with E-state index in [4.69, 9.17) is 4.74 Å². The second kappa shape index (κ2) is 10.3. The zero-order valence-electron chi connectivity index (χ0n) is 20.2. The molecule has 0 radical (unpaired) electrons. The second-order valence-corrected chi connectivity index (χ2v) is 10.00. The van der Waals surface area contributed by atoms with Gasteiger partial charge in [-0.3, -0.25) is 4.79 Å². The summed E-state index contributed by atoms with van der Waals surface area (Å²) in [6, 6.07) is 10.2. The summed E-state index contributed by atoms with van der Waals surface area (Å²) in [5.41, 5.74) is 2.20. The van der Waals surface area contributed by atoms with Gasteiger partial charge in [-0.25, -0.2) is 0 Å². The van der Waals surface area contributed by atoms with E-state index in [0.717, 1.165) is 31.7 Å². The van der Waals surface area contributed by atoms with Gasteiger partial charge >= 0.3 is 0 Å². The summed E-state index contributed by atoms with van der Waals surface area (Å²) in [7, 11) is 2.14. The highest BCUT2D eigenvalue weighted by molar-refractivity contribution is 6.04. The molecule has 170 valence electrons. The molecule has 0 aliphatic carbocycles. The predicted octanol–water partition coefficient (Wildman–Crippen LogP) is 3.84. The molecule has 0 unspecified atom stereocenters. The molecule has 0 bridgehead atoms. The fourth-order valence-electron chi connectivity index (χ4n) is 3.48. The molecule has 0 saturated carbocycles. The van der Waals surface area contributed by atoms with Crippen molar-refractivity contribution in [3.63, 3.8) is 0 Å². The van der Waals surface area contributed by atoms with Gasteiger partial charge in [0.05, 0.1) is 5.60 Å². The number of benzene rings is 1. The number of rotatable bonds is 7. The smallest absolute Gasteiger partial charge is 0.262 e. The standard InChI is InChI=1S/C25H38N4O2/c1-19(20-8-10-21(11-9-20)29-15-13-28(7)14-16-29)22(18-26)23(30)27-25(5,6)12-17-31-24(2,3)4/h8-11H,12-17H2,1-7H3,(H,27,30)/b22-19+. The van der Waals surface area contributed by atoms with Crippen LogP contribution in [0.3, 0.4) is 0 Å². The summed E-state index contributed by atoms with van der Waals surface area (Å²) in [6.07, 6.45) is 0.660. The third-order valence-electron chi connectivity index (χ3n) is 5.60.